The van der Waals surface area contributed by atoms with Gasteiger partial charge in [0.05, 0.1) is 5.69 Å². The molecule has 0 spiro atoms. The molecule has 4 rings (SSSR count). The summed E-state index contributed by atoms with van der Waals surface area (Å²) in [4.78, 5) is 20.9. The number of carbonyl (C=O) groups is 1. The minimum atomic E-state index is -0.286. The summed E-state index contributed by atoms with van der Waals surface area (Å²) in [5.74, 6) is -0.353. The molecule has 0 aliphatic carbocycles. The van der Waals surface area contributed by atoms with E-state index < -0.39 is 0 Å². The van der Waals surface area contributed by atoms with E-state index in [1.165, 1.54) is 12.1 Å². The molecule has 28 heavy (non-hydrogen) atoms. The smallest absolute Gasteiger partial charge is 0.222 e. The quantitative estimate of drug-likeness (QED) is 0.556. The van der Waals surface area contributed by atoms with Gasteiger partial charge in [-0.25, -0.2) is 9.37 Å². The third-order valence-corrected chi connectivity index (χ3v) is 4.60. The van der Waals surface area contributed by atoms with E-state index in [2.05, 4.69) is 25.9 Å². The fraction of sp³-hybridized carbons (Fsp3) is 0.136. The van der Waals surface area contributed by atoms with Gasteiger partial charge in [-0.1, -0.05) is 12.1 Å². The number of amides is 1. The van der Waals surface area contributed by atoms with Gasteiger partial charge in [0.25, 0.3) is 0 Å². The number of nitrogens with one attached hydrogen (secondary N) is 1. The van der Waals surface area contributed by atoms with E-state index in [0.717, 1.165) is 27.9 Å². The van der Waals surface area contributed by atoms with Crippen LogP contribution in [0.3, 0.4) is 0 Å². The van der Waals surface area contributed by atoms with E-state index in [9.17, 15) is 9.18 Å². The number of halogens is 1. The van der Waals surface area contributed by atoms with E-state index in [1.807, 2.05) is 24.3 Å². The van der Waals surface area contributed by atoms with E-state index in [-0.39, 0.29) is 11.7 Å². The van der Waals surface area contributed by atoms with Gasteiger partial charge in [-0.05, 0) is 48.0 Å². The molecule has 0 bridgehead atoms. The Morgan fingerprint density at radius 3 is 2.61 bits per heavy atom. The Hall–Kier alpha value is -3.54. The molecule has 4 aromatic rings. The highest BCUT2D eigenvalue weighted by Crippen LogP contribution is 2.27. The standard InChI is InChI=1S/C22H19FN4O/c23-19-5-3-16(4-6-19)15-26-21(28)9-13-27-20(17-7-11-24-12-8-17)14-18-2-1-10-25-22(18)27/h1-8,10-12,14H,9,13,15H2,(H,26,28). The zero-order valence-corrected chi connectivity index (χ0v) is 15.2. The lowest BCUT2D eigenvalue weighted by Crippen LogP contribution is -2.24. The van der Waals surface area contributed by atoms with Gasteiger partial charge in [0.2, 0.25) is 5.91 Å². The summed E-state index contributed by atoms with van der Waals surface area (Å²) < 4.78 is 15.0. The van der Waals surface area contributed by atoms with E-state index in [0.29, 0.717) is 19.5 Å². The Morgan fingerprint density at radius 1 is 1.04 bits per heavy atom. The molecule has 6 heteroatoms. The molecule has 3 aromatic heterocycles. The topological polar surface area (TPSA) is 59.8 Å². The Labute approximate surface area is 161 Å². The molecule has 0 fully saturated rings. The van der Waals surface area contributed by atoms with Gasteiger partial charge >= 0.3 is 0 Å². The van der Waals surface area contributed by atoms with Crippen LogP contribution in [0.15, 0.2) is 73.2 Å². The number of aromatic nitrogens is 3. The third kappa shape index (κ3) is 3.91. The maximum atomic E-state index is 13.0. The number of pyridine rings is 2. The molecule has 0 saturated carbocycles. The van der Waals surface area contributed by atoms with Crippen LogP contribution in [0.25, 0.3) is 22.3 Å². The van der Waals surface area contributed by atoms with Crippen molar-refractivity contribution < 1.29 is 9.18 Å². The summed E-state index contributed by atoms with van der Waals surface area (Å²) in [6.07, 6.45) is 5.57. The summed E-state index contributed by atoms with van der Waals surface area (Å²) in [5.41, 5.74) is 3.74. The molecule has 0 unspecified atom stereocenters. The minimum absolute atomic E-state index is 0.0669. The van der Waals surface area contributed by atoms with Gasteiger partial charge in [0, 0.05) is 49.1 Å². The zero-order chi connectivity index (χ0) is 19.3. The molecule has 1 aromatic carbocycles. The number of aryl methyl sites for hydroxylation is 1. The average Bonchev–Trinajstić information content (AvgIpc) is 3.11. The van der Waals surface area contributed by atoms with E-state index >= 15 is 0 Å². The molecular formula is C22H19FN4O. The maximum absolute atomic E-state index is 13.0. The fourth-order valence-corrected chi connectivity index (χ4v) is 3.18. The molecule has 5 nitrogen and oxygen atoms in total. The third-order valence-electron chi connectivity index (χ3n) is 4.60. The first-order valence-electron chi connectivity index (χ1n) is 9.06. The van der Waals surface area contributed by atoms with Crippen LogP contribution in [-0.4, -0.2) is 20.4 Å². The van der Waals surface area contributed by atoms with Crippen LogP contribution in [0.4, 0.5) is 4.39 Å². The number of hydrogen-bond donors (Lipinski definition) is 1. The van der Waals surface area contributed by atoms with Gasteiger partial charge in [0.15, 0.2) is 0 Å². The lowest BCUT2D eigenvalue weighted by Gasteiger charge is -2.11. The lowest BCUT2D eigenvalue weighted by molar-refractivity contribution is -0.121. The zero-order valence-electron chi connectivity index (χ0n) is 15.2. The normalized spacial score (nSPS) is 10.9. The van der Waals surface area contributed by atoms with Crippen molar-refractivity contribution in [2.45, 2.75) is 19.5 Å². The monoisotopic (exact) mass is 374 g/mol. The van der Waals surface area contributed by atoms with Crippen molar-refractivity contribution in [2.75, 3.05) is 0 Å². The van der Waals surface area contributed by atoms with Crippen LogP contribution >= 0.6 is 0 Å². The van der Waals surface area contributed by atoms with Crippen molar-refractivity contribution in [1.82, 2.24) is 19.9 Å². The van der Waals surface area contributed by atoms with Crippen LogP contribution < -0.4 is 5.32 Å². The summed E-state index contributed by atoms with van der Waals surface area (Å²) in [6.45, 7) is 0.883. The van der Waals surface area contributed by atoms with Gasteiger partial charge in [-0.3, -0.25) is 9.78 Å². The minimum Gasteiger partial charge on any atom is -0.352 e. The van der Waals surface area contributed by atoms with Crippen molar-refractivity contribution in [3.05, 3.63) is 84.6 Å². The van der Waals surface area contributed by atoms with Crippen molar-refractivity contribution in [3.63, 3.8) is 0 Å². The summed E-state index contributed by atoms with van der Waals surface area (Å²) in [6, 6.07) is 16.0. The number of benzene rings is 1. The SMILES string of the molecule is O=C(CCn1c(-c2ccncc2)cc2cccnc21)NCc1ccc(F)cc1. The van der Waals surface area contributed by atoms with Gasteiger partial charge in [-0.15, -0.1) is 0 Å². The highest BCUT2D eigenvalue weighted by molar-refractivity contribution is 5.84. The Morgan fingerprint density at radius 2 is 1.82 bits per heavy atom. The number of fused-ring (bicyclic) bond motifs is 1. The number of rotatable bonds is 6. The number of hydrogen-bond acceptors (Lipinski definition) is 3. The maximum Gasteiger partial charge on any atom is 0.222 e. The predicted molar refractivity (Wildman–Crippen MR) is 106 cm³/mol. The van der Waals surface area contributed by atoms with Gasteiger partial charge < -0.3 is 9.88 Å². The van der Waals surface area contributed by atoms with Crippen LogP contribution in [-0.2, 0) is 17.9 Å². The summed E-state index contributed by atoms with van der Waals surface area (Å²) >= 11 is 0. The van der Waals surface area contributed by atoms with Crippen LogP contribution in [0.1, 0.15) is 12.0 Å². The second kappa shape index (κ2) is 8.00. The van der Waals surface area contributed by atoms with E-state index in [4.69, 9.17) is 0 Å². The molecular weight excluding hydrogens is 355 g/mol. The molecule has 3 heterocycles. The van der Waals surface area contributed by atoms with Crippen molar-refractivity contribution in [2.24, 2.45) is 0 Å². The first-order chi connectivity index (χ1) is 13.7. The first kappa shape index (κ1) is 17.9. The molecule has 140 valence electrons. The fourth-order valence-electron chi connectivity index (χ4n) is 3.18. The summed E-state index contributed by atoms with van der Waals surface area (Å²) in [7, 11) is 0. The molecule has 1 N–H and O–H groups in total. The van der Waals surface area contributed by atoms with Crippen molar-refractivity contribution in [1.29, 1.82) is 0 Å². The second-order valence-corrected chi connectivity index (χ2v) is 6.49. The van der Waals surface area contributed by atoms with Crippen LogP contribution in [0.2, 0.25) is 0 Å². The van der Waals surface area contributed by atoms with Crippen LogP contribution in [0.5, 0.6) is 0 Å². The molecule has 0 radical (unpaired) electrons. The lowest BCUT2D eigenvalue weighted by atomic mass is 10.2. The predicted octanol–water partition coefficient (Wildman–Crippen LogP) is 3.94. The van der Waals surface area contributed by atoms with Crippen molar-refractivity contribution in [3.8, 4) is 11.3 Å². The molecule has 0 aliphatic heterocycles. The molecule has 0 atom stereocenters. The molecule has 0 saturated heterocycles. The second-order valence-electron chi connectivity index (χ2n) is 6.49. The molecule has 1 amide bonds. The van der Waals surface area contributed by atoms with Gasteiger partial charge in [0.1, 0.15) is 11.5 Å². The largest absolute Gasteiger partial charge is 0.352 e. The van der Waals surface area contributed by atoms with Gasteiger partial charge in [-0.2, -0.15) is 0 Å². The average molecular weight is 374 g/mol. The summed E-state index contributed by atoms with van der Waals surface area (Å²) in [5, 5.41) is 3.91. The molecule has 0 aliphatic rings. The number of carbonyl (C=O) groups excluding carboxylic acids is 1. The highest BCUT2D eigenvalue weighted by atomic mass is 19.1. The van der Waals surface area contributed by atoms with E-state index in [1.54, 1.807) is 30.7 Å². The van der Waals surface area contributed by atoms with Crippen molar-refractivity contribution >= 4 is 16.9 Å². The Kier molecular flexibility index (Phi) is 5.10. The Bertz CT molecular complexity index is 1090. The first-order valence-corrected chi connectivity index (χ1v) is 9.06. The highest BCUT2D eigenvalue weighted by Gasteiger charge is 2.13. The Balaban J connectivity index is 1.49. The number of nitrogens with zero attached hydrogens (tertiary/aromatic N) is 3. The van der Waals surface area contributed by atoms with Crippen LogP contribution in [0, 0.1) is 5.82 Å².